The fourth-order valence-electron chi connectivity index (χ4n) is 3.90. The zero-order chi connectivity index (χ0) is 21.0. The van der Waals surface area contributed by atoms with E-state index in [1.54, 1.807) is 37.6 Å². The van der Waals surface area contributed by atoms with E-state index in [1.807, 2.05) is 48.6 Å². The highest BCUT2D eigenvalue weighted by Crippen LogP contribution is 2.43. The van der Waals surface area contributed by atoms with Crippen molar-refractivity contribution in [1.82, 2.24) is 0 Å². The van der Waals surface area contributed by atoms with Gasteiger partial charge < -0.3 is 14.5 Å². The fourth-order valence-corrected chi connectivity index (χ4v) is 3.90. The molecule has 0 saturated heterocycles. The molecule has 4 rings (SSSR count). The summed E-state index contributed by atoms with van der Waals surface area (Å²) in [7, 11) is 1.59. The molecule has 0 aliphatic carbocycles. The molecule has 2 heterocycles. The van der Waals surface area contributed by atoms with Gasteiger partial charge in [-0.1, -0.05) is 30.4 Å². The molecule has 0 spiro atoms. The zero-order valence-electron chi connectivity index (χ0n) is 16.8. The smallest absolute Gasteiger partial charge is 0.235 e. The van der Waals surface area contributed by atoms with E-state index in [0.717, 1.165) is 17.0 Å². The van der Waals surface area contributed by atoms with Crippen LogP contribution in [0.15, 0.2) is 83.5 Å². The maximum Gasteiger partial charge on any atom is 0.235 e. The van der Waals surface area contributed by atoms with E-state index in [0.29, 0.717) is 24.2 Å². The monoisotopic (exact) mass is 401 g/mol. The summed E-state index contributed by atoms with van der Waals surface area (Å²) in [5, 5.41) is 2.99. The Balaban J connectivity index is 1.51. The minimum Gasteiger partial charge on any atom is -0.497 e. The Hall–Kier alpha value is -3.60. The van der Waals surface area contributed by atoms with Crippen LogP contribution in [0, 0.1) is 0 Å². The molecule has 2 aromatic carbocycles. The first kappa shape index (κ1) is 19.7. The van der Waals surface area contributed by atoms with Crippen LogP contribution in [0.3, 0.4) is 0 Å². The van der Waals surface area contributed by atoms with E-state index in [-0.39, 0.29) is 18.1 Å². The standard InChI is InChI=1S/C25H23NO4/c1-29-19-13-11-18(12-14-19)23(27)10-4-5-15-25(17-20-7-6-16-30-20)21-8-2-3-9-22(21)26-24(25)28/h2-9,11-14,16H,10,15,17H2,1H3,(H,26,28)/b5-4-/t25-/m1/s1. The van der Waals surface area contributed by atoms with Gasteiger partial charge in [0.15, 0.2) is 5.78 Å². The molecule has 152 valence electrons. The van der Waals surface area contributed by atoms with Crippen LogP contribution in [0.4, 0.5) is 5.69 Å². The fraction of sp³-hybridized carbons (Fsp3) is 0.200. The number of Topliss-reactive ketones (excluding diaryl/α,β-unsaturated/α-hetero) is 1. The molecule has 0 fully saturated rings. The Kier molecular flexibility index (Phi) is 5.53. The largest absolute Gasteiger partial charge is 0.497 e. The van der Waals surface area contributed by atoms with E-state index in [2.05, 4.69) is 5.32 Å². The highest BCUT2D eigenvalue weighted by molar-refractivity contribution is 6.06. The number of anilines is 1. The summed E-state index contributed by atoms with van der Waals surface area (Å²) < 4.78 is 10.7. The summed E-state index contributed by atoms with van der Waals surface area (Å²) >= 11 is 0. The maximum absolute atomic E-state index is 13.0. The number of amides is 1. The van der Waals surface area contributed by atoms with Gasteiger partial charge in [-0.2, -0.15) is 0 Å². The Morgan fingerprint density at radius 1 is 1.07 bits per heavy atom. The van der Waals surface area contributed by atoms with Gasteiger partial charge in [-0.05, 0) is 54.4 Å². The number of fused-ring (bicyclic) bond motifs is 1. The predicted molar refractivity (Wildman–Crippen MR) is 115 cm³/mol. The lowest BCUT2D eigenvalue weighted by molar-refractivity contribution is -0.120. The van der Waals surface area contributed by atoms with Crippen molar-refractivity contribution in [2.24, 2.45) is 0 Å². The number of para-hydroxylation sites is 1. The van der Waals surface area contributed by atoms with Crippen LogP contribution in [0.5, 0.6) is 5.75 Å². The van der Waals surface area contributed by atoms with Crippen molar-refractivity contribution in [3.8, 4) is 5.75 Å². The first-order chi connectivity index (χ1) is 14.6. The number of furan rings is 1. The molecular weight excluding hydrogens is 378 g/mol. The number of hydrogen-bond donors (Lipinski definition) is 1. The zero-order valence-corrected chi connectivity index (χ0v) is 16.8. The topological polar surface area (TPSA) is 68.5 Å². The SMILES string of the molecule is COc1ccc(C(=O)C/C=C\C[C@]2(Cc3ccco3)C(=O)Nc3ccccc32)cc1. The van der Waals surface area contributed by atoms with Crippen molar-refractivity contribution >= 4 is 17.4 Å². The first-order valence-electron chi connectivity index (χ1n) is 9.88. The number of benzene rings is 2. The summed E-state index contributed by atoms with van der Waals surface area (Å²) in [5.41, 5.74) is 1.66. The molecule has 1 aliphatic rings. The van der Waals surface area contributed by atoms with Gasteiger partial charge in [-0.25, -0.2) is 0 Å². The number of allylic oxidation sites excluding steroid dienone is 2. The average molecular weight is 401 g/mol. The minimum absolute atomic E-state index is 0.0188. The number of ketones is 1. The summed E-state index contributed by atoms with van der Waals surface area (Å²) in [6.07, 6.45) is 6.58. The second-order valence-electron chi connectivity index (χ2n) is 7.37. The molecule has 1 amide bonds. The number of carbonyl (C=O) groups excluding carboxylic acids is 2. The van der Waals surface area contributed by atoms with Gasteiger partial charge in [-0.3, -0.25) is 9.59 Å². The maximum atomic E-state index is 13.0. The van der Waals surface area contributed by atoms with Crippen molar-refractivity contribution < 1.29 is 18.7 Å². The Labute approximate surface area is 175 Å². The van der Waals surface area contributed by atoms with Crippen LogP contribution in [0.2, 0.25) is 0 Å². The van der Waals surface area contributed by atoms with Crippen molar-refractivity contribution in [3.63, 3.8) is 0 Å². The lowest BCUT2D eigenvalue weighted by Crippen LogP contribution is -2.36. The highest BCUT2D eigenvalue weighted by atomic mass is 16.5. The Bertz CT molecular complexity index is 1070. The van der Waals surface area contributed by atoms with Crippen LogP contribution in [-0.2, 0) is 16.6 Å². The summed E-state index contributed by atoms with van der Waals surface area (Å²) in [6.45, 7) is 0. The van der Waals surface area contributed by atoms with Gasteiger partial charge in [-0.15, -0.1) is 0 Å². The molecule has 0 saturated carbocycles. The van der Waals surface area contributed by atoms with Crippen LogP contribution in [-0.4, -0.2) is 18.8 Å². The van der Waals surface area contributed by atoms with Crippen molar-refractivity contribution in [3.05, 3.63) is 96.0 Å². The number of nitrogens with one attached hydrogen (secondary N) is 1. The van der Waals surface area contributed by atoms with Gasteiger partial charge in [0.05, 0.1) is 18.8 Å². The van der Waals surface area contributed by atoms with Crippen LogP contribution >= 0.6 is 0 Å². The molecule has 0 bridgehead atoms. The van der Waals surface area contributed by atoms with Crippen LogP contribution in [0.1, 0.15) is 34.5 Å². The third-order valence-corrected chi connectivity index (χ3v) is 5.53. The van der Waals surface area contributed by atoms with Gasteiger partial charge in [0, 0.05) is 24.1 Å². The molecule has 1 aromatic heterocycles. The Morgan fingerprint density at radius 2 is 1.87 bits per heavy atom. The molecule has 5 heteroatoms. The highest BCUT2D eigenvalue weighted by Gasteiger charge is 2.46. The lowest BCUT2D eigenvalue weighted by atomic mass is 9.75. The summed E-state index contributed by atoms with van der Waals surface area (Å²) in [6, 6.07) is 18.5. The molecule has 30 heavy (non-hydrogen) atoms. The summed E-state index contributed by atoms with van der Waals surface area (Å²) in [5.74, 6) is 1.44. The number of ether oxygens (including phenoxy) is 1. The molecule has 1 N–H and O–H groups in total. The molecule has 5 nitrogen and oxygen atoms in total. The number of rotatable bonds is 8. The van der Waals surface area contributed by atoms with E-state index in [1.165, 1.54) is 0 Å². The van der Waals surface area contributed by atoms with E-state index >= 15 is 0 Å². The molecule has 0 unspecified atom stereocenters. The van der Waals surface area contributed by atoms with E-state index in [9.17, 15) is 9.59 Å². The average Bonchev–Trinajstić information content (AvgIpc) is 3.38. The van der Waals surface area contributed by atoms with Crippen molar-refractivity contribution in [1.29, 1.82) is 0 Å². The lowest BCUT2D eigenvalue weighted by Gasteiger charge is -2.25. The van der Waals surface area contributed by atoms with Crippen LogP contribution in [0.25, 0.3) is 0 Å². The van der Waals surface area contributed by atoms with Gasteiger partial charge in [0.1, 0.15) is 11.5 Å². The normalized spacial score (nSPS) is 17.7. The second-order valence-corrected chi connectivity index (χ2v) is 7.37. The Morgan fingerprint density at radius 3 is 2.60 bits per heavy atom. The molecular formula is C25H23NO4. The molecule has 1 aliphatic heterocycles. The molecule has 3 aromatic rings. The quantitative estimate of drug-likeness (QED) is 0.429. The third kappa shape index (κ3) is 3.79. The predicted octanol–water partition coefficient (Wildman–Crippen LogP) is 4.94. The summed E-state index contributed by atoms with van der Waals surface area (Å²) in [4.78, 5) is 25.5. The van der Waals surface area contributed by atoms with Crippen LogP contribution < -0.4 is 10.1 Å². The third-order valence-electron chi connectivity index (χ3n) is 5.53. The number of carbonyl (C=O) groups is 2. The number of methoxy groups -OCH3 is 1. The van der Waals surface area contributed by atoms with Gasteiger partial charge >= 0.3 is 0 Å². The first-order valence-corrected chi connectivity index (χ1v) is 9.88. The van der Waals surface area contributed by atoms with E-state index in [4.69, 9.17) is 9.15 Å². The molecule has 1 atom stereocenters. The minimum atomic E-state index is -0.756. The number of hydrogen-bond acceptors (Lipinski definition) is 4. The van der Waals surface area contributed by atoms with Crippen molar-refractivity contribution in [2.45, 2.75) is 24.7 Å². The molecule has 0 radical (unpaired) electrons. The second kappa shape index (κ2) is 8.41. The van der Waals surface area contributed by atoms with Crippen molar-refractivity contribution in [2.75, 3.05) is 12.4 Å². The van der Waals surface area contributed by atoms with Gasteiger partial charge in [0.25, 0.3) is 0 Å². The van der Waals surface area contributed by atoms with Gasteiger partial charge in [0.2, 0.25) is 5.91 Å². The van der Waals surface area contributed by atoms with E-state index < -0.39 is 5.41 Å².